The summed E-state index contributed by atoms with van der Waals surface area (Å²) in [6.45, 7) is 0.827. The lowest BCUT2D eigenvalue weighted by Gasteiger charge is -2.33. The van der Waals surface area contributed by atoms with Gasteiger partial charge in [-0.25, -0.2) is 9.18 Å². The van der Waals surface area contributed by atoms with Gasteiger partial charge in [0.2, 0.25) is 0 Å². The van der Waals surface area contributed by atoms with Gasteiger partial charge in [0.25, 0.3) is 0 Å². The van der Waals surface area contributed by atoms with E-state index in [2.05, 4.69) is 5.32 Å². The molecule has 2 atom stereocenters. The van der Waals surface area contributed by atoms with Gasteiger partial charge in [-0.2, -0.15) is 26.3 Å². The predicted molar refractivity (Wildman–Crippen MR) is 104 cm³/mol. The van der Waals surface area contributed by atoms with Crippen molar-refractivity contribution in [1.29, 1.82) is 0 Å². The van der Waals surface area contributed by atoms with Crippen molar-refractivity contribution in [2.24, 2.45) is 0 Å². The Morgan fingerprint density at radius 3 is 1.94 bits per heavy atom. The van der Waals surface area contributed by atoms with Gasteiger partial charge in [0.05, 0.1) is 17.2 Å². The Kier molecular flexibility index (Phi) is 6.41. The number of hydrogen-bond acceptors (Lipinski definition) is 2. The van der Waals surface area contributed by atoms with Crippen molar-refractivity contribution in [3.05, 3.63) is 65.0 Å². The van der Waals surface area contributed by atoms with Crippen LogP contribution in [0.4, 0.5) is 41.2 Å². The van der Waals surface area contributed by atoms with E-state index in [4.69, 9.17) is 0 Å². The van der Waals surface area contributed by atoms with E-state index >= 15 is 0 Å². The number of carbonyl (C=O) groups is 1. The van der Waals surface area contributed by atoms with Gasteiger partial charge in [0, 0.05) is 38.8 Å². The second-order valence-corrected chi connectivity index (χ2v) is 7.60. The molecule has 0 aromatic heterocycles. The highest BCUT2D eigenvalue weighted by Crippen LogP contribution is 2.38. The van der Waals surface area contributed by atoms with E-state index in [0.717, 1.165) is 17.5 Å². The number of carbonyl (C=O) groups excluding carboxylic acids is 1. The quantitative estimate of drug-likeness (QED) is 0.643. The maximum Gasteiger partial charge on any atom is 0.416 e. The van der Waals surface area contributed by atoms with Crippen LogP contribution in [0.3, 0.4) is 0 Å². The number of amides is 2. The van der Waals surface area contributed by atoms with Crippen molar-refractivity contribution in [1.82, 2.24) is 10.2 Å². The molecule has 0 aliphatic carbocycles. The molecule has 4 nitrogen and oxygen atoms in total. The molecule has 1 saturated heterocycles. The second-order valence-electron chi connectivity index (χ2n) is 7.60. The monoisotopic (exact) mass is 463 g/mol. The zero-order valence-electron chi connectivity index (χ0n) is 17.1. The minimum Gasteiger partial charge on any atom is -0.322 e. The molecule has 2 amide bonds. The van der Waals surface area contributed by atoms with Gasteiger partial charge in [0.15, 0.2) is 0 Å². The van der Waals surface area contributed by atoms with Gasteiger partial charge in [-0.3, -0.25) is 4.90 Å². The van der Waals surface area contributed by atoms with Gasteiger partial charge in [0.1, 0.15) is 5.82 Å². The molecule has 0 radical (unpaired) electrons. The maximum atomic E-state index is 13.2. The third-order valence-corrected chi connectivity index (χ3v) is 5.53. The first kappa shape index (κ1) is 23.8. The Hall–Kier alpha value is -2.82. The molecule has 3 rings (SSSR count). The van der Waals surface area contributed by atoms with Crippen molar-refractivity contribution in [3.8, 4) is 0 Å². The van der Waals surface area contributed by atoms with Crippen LogP contribution in [0.5, 0.6) is 0 Å². The standard InChI is InChI=1S/C21H20F7N3O/c1-30(16-8-13(20(23,24)25)7-14(9-16)21(26,27)28)19(32)31(2)18-11-29-10-17(18)12-3-5-15(22)6-4-12/h3-9,17-18,29H,10-11H2,1-2H3/t17-,18+/m1/s1. The third-order valence-electron chi connectivity index (χ3n) is 5.53. The van der Waals surface area contributed by atoms with E-state index in [1.807, 2.05) is 0 Å². The van der Waals surface area contributed by atoms with Gasteiger partial charge < -0.3 is 10.2 Å². The topological polar surface area (TPSA) is 35.6 Å². The fourth-order valence-electron chi connectivity index (χ4n) is 3.74. The lowest BCUT2D eigenvalue weighted by Crippen LogP contribution is -2.47. The predicted octanol–water partition coefficient (Wildman–Crippen LogP) is 5.11. The van der Waals surface area contributed by atoms with Crippen molar-refractivity contribution in [2.75, 3.05) is 32.1 Å². The molecule has 32 heavy (non-hydrogen) atoms. The number of benzene rings is 2. The molecule has 1 N–H and O–H groups in total. The molecule has 174 valence electrons. The average molecular weight is 463 g/mol. The SMILES string of the molecule is CN(C(=O)N(C)[C@H]1CNC[C@@H]1c1ccc(F)cc1)c1cc(C(F)(F)F)cc(C(F)(F)F)c1. The summed E-state index contributed by atoms with van der Waals surface area (Å²) < 4.78 is 92.2. The smallest absolute Gasteiger partial charge is 0.322 e. The van der Waals surface area contributed by atoms with Crippen molar-refractivity contribution >= 4 is 11.7 Å². The second kappa shape index (κ2) is 8.61. The summed E-state index contributed by atoms with van der Waals surface area (Å²) in [7, 11) is 2.54. The molecular formula is C21H20F7N3O. The Morgan fingerprint density at radius 1 is 0.906 bits per heavy atom. The van der Waals surface area contributed by atoms with Crippen LogP contribution >= 0.6 is 0 Å². The van der Waals surface area contributed by atoms with E-state index in [1.54, 1.807) is 12.1 Å². The maximum absolute atomic E-state index is 13.2. The van der Waals surface area contributed by atoms with Crippen LogP contribution in [-0.4, -0.2) is 44.2 Å². The zero-order chi connectivity index (χ0) is 23.8. The van der Waals surface area contributed by atoms with Crippen LogP contribution in [0.1, 0.15) is 22.6 Å². The Balaban J connectivity index is 1.89. The fraction of sp³-hybridized carbons (Fsp3) is 0.381. The highest BCUT2D eigenvalue weighted by molar-refractivity contribution is 5.92. The largest absolute Gasteiger partial charge is 0.416 e. The number of urea groups is 1. The van der Waals surface area contributed by atoms with E-state index in [0.29, 0.717) is 25.2 Å². The minimum absolute atomic E-state index is 0.0109. The summed E-state index contributed by atoms with van der Waals surface area (Å²) >= 11 is 0. The summed E-state index contributed by atoms with van der Waals surface area (Å²) in [5.74, 6) is -0.657. The average Bonchev–Trinajstić information content (AvgIpc) is 3.21. The minimum atomic E-state index is -5.02. The molecule has 1 fully saturated rings. The lowest BCUT2D eigenvalue weighted by molar-refractivity contribution is -0.143. The first-order valence-corrected chi connectivity index (χ1v) is 9.55. The number of anilines is 1. The molecule has 11 heteroatoms. The number of nitrogens with zero attached hydrogens (tertiary/aromatic N) is 2. The Morgan fingerprint density at radius 2 is 1.44 bits per heavy atom. The molecule has 1 aliphatic heterocycles. The Labute approximate surface area is 179 Å². The van der Waals surface area contributed by atoms with Crippen molar-refractivity contribution < 1.29 is 35.5 Å². The Bertz CT molecular complexity index is 941. The van der Waals surface area contributed by atoms with Crippen LogP contribution in [0, 0.1) is 5.82 Å². The van der Waals surface area contributed by atoms with Crippen LogP contribution < -0.4 is 10.2 Å². The number of nitrogens with one attached hydrogen (secondary N) is 1. The van der Waals surface area contributed by atoms with Crippen molar-refractivity contribution in [3.63, 3.8) is 0 Å². The van der Waals surface area contributed by atoms with E-state index in [9.17, 15) is 35.5 Å². The summed E-state index contributed by atoms with van der Waals surface area (Å²) in [5.41, 5.74) is -2.79. The molecular weight excluding hydrogens is 443 g/mol. The number of rotatable bonds is 3. The van der Waals surface area contributed by atoms with Gasteiger partial charge in [-0.1, -0.05) is 12.1 Å². The van der Waals surface area contributed by atoms with E-state index in [1.165, 1.54) is 24.1 Å². The molecule has 1 aliphatic rings. The van der Waals surface area contributed by atoms with Crippen LogP contribution in [0.25, 0.3) is 0 Å². The molecule has 0 bridgehead atoms. The molecule has 0 saturated carbocycles. The lowest BCUT2D eigenvalue weighted by atomic mass is 9.93. The number of likely N-dealkylation sites (N-methyl/N-ethyl adjacent to an activating group) is 1. The number of hydrogen-bond donors (Lipinski definition) is 1. The van der Waals surface area contributed by atoms with E-state index in [-0.39, 0.29) is 12.0 Å². The van der Waals surface area contributed by atoms with E-state index < -0.39 is 47.1 Å². The summed E-state index contributed by atoms with van der Waals surface area (Å²) in [6, 6.07) is 5.50. The number of halogens is 7. The number of alkyl halides is 6. The van der Waals surface area contributed by atoms with Gasteiger partial charge >= 0.3 is 18.4 Å². The first-order chi connectivity index (χ1) is 14.8. The van der Waals surface area contributed by atoms with Gasteiger partial charge in [-0.05, 0) is 35.9 Å². The fourth-order valence-corrected chi connectivity index (χ4v) is 3.74. The molecule has 0 unspecified atom stereocenters. The zero-order valence-corrected chi connectivity index (χ0v) is 17.1. The van der Waals surface area contributed by atoms with Crippen molar-refractivity contribution in [2.45, 2.75) is 24.3 Å². The highest BCUT2D eigenvalue weighted by Gasteiger charge is 2.39. The molecule has 2 aromatic rings. The third kappa shape index (κ3) is 4.98. The van der Waals surface area contributed by atoms with Gasteiger partial charge in [-0.15, -0.1) is 0 Å². The van der Waals surface area contributed by atoms with Crippen LogP contribution in [0.15, 0.2) is 42.5 Å². The summed E-state index contributed by atoms with van der Waals surface area (Å²) in [5, 5.41) is 3.10. The molecule has 1 heterocycles. The first-order valence-electron chi connectivity index (χ1n) is 9.55. The molecule has 2 aromatic carbocycles. The highest BCUT2D eigenvalue weighted by atomic mass is 19.4. The summed E-state index contributed by atoms with van der Waals surface area (Å²) in [6.07, 6.45) is -10.0. The normalized spacial score (nSPS) is 19.2. The summed E-state index contributed by atoms with van der Waals surface area (Å²) in [4.78, 5) is 15.0. The van der Waals surface area contributed by atoms with Crippen LogP contribution in [-0.2, 0) is 12.4 Å². The molecule has 0 spiro atoms. The van der Waals surface area contributed by atoms with Crippen LogP contribution in [0.2, 0.25) is 0 Å².